The molecule has 0 atom stereocenters. The largest absolute Gasteiger partial charge is 0.168 e. The maximum Gasteiger partial charge on any atom is -0.0809 e. The second kappa shape index (κ2) is 13.6. The third kappa shape index (κ3) is 7.44. The first-order valence-electron chi connectivity index (χ1n) is 8.63. The van der Waals surface area contributed by atoms with Gasteiger partial charge in [-0.25, -0.2) is 0 Å². The molecule has 5 aromatic rings. The third-order valence-corrected chi connectivity index (χ3v) is 4.88. The fourth-order valence-electron chi connectivity index (χ4n) is 2.69. The van der Waals surface area contributed by atoms with Crippen molar-refractivity contribution in [2.75, 3.05) is 0 Å². The molecule has 0 aliphatic carbocycles. The van der Waals surface area contributed by atoms with Crippen LogP contribution >= 0.6 is 0 Å². The average Bonchev–Trinajstić information content (AvgIpc) is 3.38. The summed E-state index contributed by atoms with van der Waals surface area (Å²) in [6.07, 6.45) is 0. The molecule has 4 heteroatoms. The summed E-state index contributed by atoms with van der Waals surface area (Å²) >= 11 is 1.46. The van der Waals surface area contributed by atoms with Crippen molar-refractivity contribution >= 4 is 31.4 Å². The normalized spacial score (nSPS) is 8.93. The Morgan fingerprint density at radius 1 is 0.536 bits per heavy atom. The van der Waals surface area contributed by atoms with Crippen LogP contribution in [0.2, 0.25) is 0 Å². The molecule has 5 aromatic carbocycles. The van der Waals surface area contributed by atoms with E-state index in [-0.39, 0.29) is 24.8 Å². The zero-order valence-electron chi connectivity index (χ0n) is 15.3. The average molecular weight is 480 g/mol. The Bertz CT molecular complexity index is 941. The molecule has 0 aromatic heterocycles. The molecule has 0 heterocycles. The van der Waals surface area contributed by atoms with E-state index in [1.54, 1.807) is 0 Å². The van der Waals surface area contributed by atoms with Gasteiger partial charge in [0.15, 0.2) is 0 Å². The van der Waals surface area contributed by atoms with Crippen molar-refractivity contribution in [2.45, 2.75) is 0 Å². The molecule has 0 unspecified atom stereocenters. The van der Waals surface area contributed by atoms with E-state index >= 15 is 0 Å². The Balaban J connectivity index is 0.000000203. The van der Waals surface area contributed by atoms with E-state index in [2.05, 4.69) is 114 Å². The number of benzene rings is 3. The van der Waals surface area contributed by atoms with Gasteiger partial charge in [-0.1, -0.05) is 12.1 Å². The van der Waals surface area contributed by atoms with Crippen LogP contribution in [0.25, 0.3) is 21.5 Å². The van der Waals surface area contributed by atoms with E-state index in [4.69, 9.17) is 0 Å². The van der Waals surface area contributed by atoms with Crippen LogP contribution < -0.4 is 30.3 Å². The maximum absolute atomic E-state index is 2.17. The molecule has 0 bridgehead atoms. The molecule has 0 spiro atoms. The van der Waals surface area contributed by atoms with Crippen molar-refractivity contribution in [1.29, 1.82) is 0 Å². The summed E-state index contributed by atoms with van der Waals surface area (Å²) < 4.78 is 2.17. The minimum absolute atomic E-state index is 0. The second-order valence-corrected chi connectivity index (χ2v) is 6.57. The van der Waals surface area contributed by atoms with E-state index in [1.165, 1.54) is 51.0 Å². The number of rotatable bonds is 1. The van der Waals surface area contributed by atoms with Gasteiger partial charge in [-0.3, -0.25) is 0 Å². The predicted molar refractivity (Wildman–Crippen MR) is 111 cm³/mol. The summed E-state index contributed by atoms with van der Waals surface area (Å²) in [6, 6.07) is 39.7. The van der Waals surface area contributed by atoms with Crippen LogP contribution in [0.15, 0.2) is 115 Å². The molecule has 0 aliphatic rings. The van der Waals surface area contributed by atoms with E-state index in [0.29, 0.717) is 0 Å². The van der Waals surface area contributed by atoms with Crippen LogP contribution in [0, 0.1) is 0 Å². The summed E-state index contributed by atoms with van der Waals surface area (Å²) in [4.78, 5) is 0. The van der Waals surface area contributed by atoms with Gasteiger partial charge in [0.2, 0.25) is 0 Å². The van der Waals surface area contributed by atoms with Gasteiger partial charge in [-0.15, -0.1) is 59.3 Å². The van der Waals surface area contributed by atoms with Gasteiger partial charge in [0, 0.05) is 0 Å². The molecule has 0 saturated carbocycles. The van der Waals surface area contributed by atoms with Gasteiger partial charge in [-0.05, 0) is 0 Å². The Hall–Kier alpha value is -1.59. The third-order valence-electron chi connectivity index (χ3n) is 4.06. The van der Waals surface area contributed by atoms with Crippen molar-refractivity contribution in [3.63, 3.8) is 0 Å². The van der Waals surface area contributed by atoms with E-state index in [0.717, 1.165) is 0 Å². The van der Waals surface area contributed by atoms with Crippen LogP contribution in [0.4, 0.5) is 0 Å². The number of hydrogen-bond donors (Lipinski definition) is 0. The number of hydrogen-bond acceptors (Lipinski definition) is 0. The summed E-state index contributed by atoms with van der Waals surface area (Å²) in [5.74, 6) is 0. The van der Waals surface area contributed by atoms with Crippen molar-refractivity contribution in [3.8, 4) is 0 Å². The minimum Gasteiger partial charge on any atom is -0.168 e. The van der Waals surface area contributed by atoms with Gasteiger partial charge in [0.05, 0.1) is 0 Å². The van der Waals surface area contributed by atoms with E-state index < -0.39 is 0 Å². The molecule has 5 rings (SSSR count). The topological polar surface area (TPSA) is 0 Å². The second-order valence-electron chi connectivity index (χ2n) is 5.86. The van der Waals surface area contributed by atoms with Gasteiger partial charge < -0.3 is 24.8 Å². The molecule has 28 heavy (non-hydrogen) atoms. The molecule has 0 nitrogen and oxygen atoms in total. The first-order valence-corrected chi connectivity index (χ1v) is 10.0. The van der Waals surface area contributed by atoms with Crippen molar-refractivity contribution in [2.24, 2.45) is 0 Å². The predicted octanol–water partition coefficient (Wildman–Crippen LogP) is -0.397. The summed E-state index contributed by atoms with van der Waals surface area (Å²) in [5.41, 5.74) is 1.32. The molecule has 0 saturated heterocycles. The first kappa shape index (κ1) is 24.4. The Kier molecular flexibility index (Phi) is 11.8. The fourth-order valence-corrected chi connectivity index (χ4v) is 3.16. The zero-order chi connectivity index (χ0) is 18.0. The Morgan fingerprint density at radius 3 is 1.36 bits per heavy atom. The van der Waals surface area contributed by atoms with Gasteiger partial charge in [-0.2, -0.15) is 35.0 Å². The molecule has 0 amide bonds. The first-order chi connectivity index (χ1) is 12.9. The van der Waals surface area contributed by atoms with E-state index in [1.807, 2.05) is 6.07 Å². The maximum atomic E-state index is 2.17. The van der Waals surface area contributed by atoms with Crippen LogP contribution in [-0.4, -0.2) is 4.37 Å². The van der Waals surface area contributed by atoms with E-state index in [9.17, 15) is 0 Å². The molecule has 0 radical (unpaired) electrons. The monoisotopic (exact) mass is 478 g/mol. The molecule has 0 N–H and O–H groups in total. The molecule has 0 fully saturated rings. The smallest absolute Gasteiger partial charge is 0.0809 e. The number of halogens is 2. The van der Waals surface area contributed by atoms with Gasteiger partial charge >= 0.3 is 64.2 Å². The van der Waals surface area contributed by atoms with Gasteiger partial charge in [0.1, 0.15) is 0 Å². The molecular weight excluding hydrogens is 461 g/mol. The van der Waals surface area contributed by atoms with Crippen molar-refractivity contribution in [3.05, 3.63) is 115 Å². The summed E-state index contributed by atoms with van der Waals surface area (Å²) in [5, 5.41) is 5.32. The van der Waals surface area contributed by atoms with Gasteiger partial charge in [0.25, 0.3) is 0 Å². The standard InChI is InChI=1S/2C9H7.C6H5B.2ClH.Zr/c2*1-2-5-9-7-3-6-8(9)4-1;7-6-4-2-1-3-5-6;;;/h2*1-7H;1-5H;2*1H;/q2*-1;;;;+2/p-2. The summed E-state index contributed by atoms with van der Waals surface area (Å²) in [6.45, 7) is 0. The van der Waals surface area contributed by atoms with Crippen molar-refractivity contribution in [1.82, 2.24) is 0 Å². The molecular formula is C24H19BCl2Zr-2. The quantitative estimate of drug-likeness (QED) is 0.227. The summed E-state index contributed by atoms with van der Waals surface area (Å²) in [7, 11) is 0. The Morgan fingerprint density at radius 2 is 0.964 bits per heavy atom. The van der Waals surface area contributed by atoms with Crippen LogP contribution in [0.3, 0.4) is 0 Å². The SMILES string of the molecule is [Cl-].[Cl-].[Zr+2]=[B]c1ccccc1.c1ccc2[cH-]ccc2c1.c1ccc2[cH-]ccc2c1. The van der Waals surface area contributed by atoms with Crippen LogP contribution in [-0.2, 0) is 24.0 Å². The molecule has 138 valence electrons. The van der Waals surface area contributed by atoms with Crippen LogP contribution in [0.1, 0.15) is 0 Å². The van der Waals surface area contributed by atoms with Crippen molar-refractivity contribution < 1.29 is 48.8 Å². The molecule has 0 aliphatic heterocycles. The number of fused-ring (bicyclic) bond motifs is 2. The zero-order valence-corrected chi connectivity index (χ0v) is 19.3. The van der Waals surface area contributed by atoms with Crippen LogP contribution in [0.5, 0.6) is 0 Å². The Labute approximate surface area is 194 Å². The minimum atomic E-state index is 0. The fraction of sp³-hybridized carbons (Fsp3) is 0.